The Kier molecular flexibility index (Phi) is 4.08. The molecular weight excluding hydrogens is 220 g/mol. The molecule has 1 aliphatic rings. The predicted molar refractivity (Wildman–Crippen MR) is 70.4 cm³/mol. The van der Waals surface area contributed by atoms with E-state index in [1.807, 2.05) is 18.2 Å². The van der Waals surface area contributed by atoms with E-state index in [0.29, 0.717) is 6.04 Å². The van der Waals surface area contributed by atoms with Crippen LogP contribution in [-0.4, -0.2) is 26.2 Å². The first-order valence-corrected chi connectivity index (χ1v) is 6.34. The Hall–Kier alpha value is -0.730. The van der Waals surface area contributed by atoms with Crippen LogP contribution in [0.5, 0.6) is 0 Å². The molecule has 1 aromatic carbocycles. The Morgan fingerprint density at radius 3 is 2.94 bits per heavy atom. The first-order valence-electron chi connectivity index (χ1n) is 5.96. The average molecular weight is 239 g/mol. The summed E-state index contributed by atoms with van der Waals surface area (Å²) in [5, 5.41) is 4.36. The molecule has 1 N–H and O–H groups in total. The molecule has 0 bridgehead atoms. The monoisotopic (exact) mass is 238 g/mol. The average Bonchev–Trinajstić information content (AvgIpc) is 2.79. The first-order chi connectivity index (χ1) is 7.77. The molecule has 1 saturated heterocycles. The fourth-order valence-electron chi connectivity index (χ4n) is 2.23. The predicted octanol–water partition coefficient (Wildman–Crippen LogP) is 2.92. The lowest BCUT2D eigenvalue weighted by molar-refractivity contribution is 0.559. The van der Waals surface area contributed by atoms with Crippen molar-refractivity contribution in [2.45, 2.75) is 25.3 Å². The van der Waals surface area contributed by atoms with Crippen molar-refractivity contribution in [3.05, 3.63) is 29.3 Å². The minimum Gasteiger partial charge on any atom is -0.373 e. The van der Waals surface area contributed by atoms with Crippen molar-refractivity contribution in [1.82, 2.24) is 5.32 Å². The standard InChI is InChI=1S/C13H19ClN2/c1-16(10-8-11-5-4-9-15-11)13-7-3-2-6-12(13)14/h2-3,6-7,11,15H,4-5,8-10H2,1H3. The molecule has 0 amide bonds. The van der Waals surface area contributed by atoms with Gasteiger partial charge in [-0.15, -0.1) is 0 Å². The molecule has 2 nitrogen and oxygen atoms in total. The molecule has 0 radical (unpaired) electrons. The van der Waals surface area contributed by atoms with Crippen molar-refractivity contribution < 1.29 is 0 Å². The summed E-state index contributed by atoms with van der Waals surface area (Å²) in [6.07, 6.45) is 3.83. The Labute approximate surface area is 103 Å². The topological polar surface area (TPSA) is 15.3 Å². The number of benzene rings is 1. The van der Waals surface area contributed by atoms with Crippen molar-refractivity contribution in [3.8, 4) is 0 Å². The highest BCUT2D eigenvalue weighted by Gasteiger charge is 2.14. The van der Waals surface area contributed by atoms with Gasteiger partial charge in [0.25, 0.3) is 0 Å². The molecule has 88 valence electrons. The van der Waals surface area contributed by atoms with Crippen LogP contribution in [0.4, 0.5) is 5.69 Å². The Morgan fingerprint density at radius 2 is 2.25 bits per heavy atom. The molecule has 0 saturated carbocycles. The van der Waals surface area contributed by atoms with E-state index in [1.54, 1.807) is 0 Å². The van der Waals surface area contributed by atoms with Crippen LogP contribution in [0, 0.1) is 0 Å². The van der Waals surface area contributed by atoms with Gasteiger partial charge in [0.2, 0.25) is 0 Å². The van der Waals surface area contributed by atoms with Crippen molar-refractivity contribution >= 4 is 17.3 Å². The second kappa shape index (κ2) is 5.55. The molecule has 2 rings (SSSR count). The van der Waals surface area contributed by atoms with E-state index in [1.165, 1.54) is 25.8 Å². The molecule has 1 aliphatic heterocycles. The maximum atomic E-state index is 6.16. The van der Waals surface area contributed by atoms with Gasteiger partial charge >= 0.3 is 0 Å². The van der Waals surface area contributed by atoms with Crippen molar-refractivity contribution in [2.24, 2.45) is 0 Å². The van der Waals surface area contributed by atoms with Crippen LogP contribution in [0.2, 0.25) is 5.02 Å². The largest absolute Gasteiger partial charge is 0.373 e. The summed E-state index contributed by atoms with van der Waals surface area (Å²) < 4.78 is 0. The van der Waals surface area contributed by atoms with Crippen molar-refractivity contribution in [1.29, 1.82) is 0 Å². The number of nitrogens with one attached hydrogen (secondary N) is 1. The van der Waals surface area contributed by atoms with E-state index < -0.39 is 0 Å². The highest BCUT2D eigenvalue weighted by Crippen LogP contribution is 2.24. The van der Waals surface area contributed by atoms with Gasteiger partial charge in [-0.3, -0.25) is 0 Å². The second-order valence-corrected chi connectivity index (χ2v) is 4.86. The molecule has 16 heavy (non-hydrogen) atoms. The maximum Gasteiger partial charge on any atom is 0.0639 e. The van der Waals surface area contributed by atoms with Crippen LogP contribution < -0.4 is 10.2 Å². The summed E-state index contributed by atoms with van der Waals surface area (Å²) in [7, 11) is 2.11. The summed E-state index contributed by atoms with van der Waals surface area (Å²) in [6.45, 7) is 2.24. The third kappa shape index (κ3) is 2.89. The molecule has 0 aromatic heterocycles. The quantitative estimate of drug-likeness (QED) is 0.868. The number of anilines is 1. The number of rotatable bonds is 4. The number of nitrogens with zero attached hydrogens (tertiary/aromatic N) is 1. The van der Waals surface area contributed by atoms with Gasteiger partial charge in [0.15, 0.2) is 0 Å². The van der Waals surface area contributed by atoms with E-state index >= 15 is 0 Å². The molecular formula is C13H19ClN2. The summed E-state index contributed by atoms with van der Waals surface area (Å²) >= 11 is 6.16. The van der Waals surface area contributed by atoms with Crippen molar-refractivity contribution in [3.63, 3.8) is 0 Å². The molecule has 1 atom stereocenters. The Morgan fingerprint density at radius 1 is 1.44 bits per heavy atom. The van der Waals surface area contributed by atoms with Gasteiger partial charge in [0.1, 0.15) is 0 Å². The molecule has 1 unspecified atom stereocenters. The van der Waals surface area contributed by atoms with Crippen molar-refractivity contribution in [2.75, 3.05) is 25.0 Å². The zero-order chi connectivity index (χ0) is 11.4. The molecule has 1 aromatic rings. The maximum absolute atomic E-state index is 6.16. The molecule has 3 heteroatoms. The van der Waals surface area contributed by atoms with Crippen LogP contribution in [0.1, 0.15) is 19.3 Å². The fraction of sp³-hybridized carbons (Fsp3) is 0.538. The lowest BCUT2D eigenvalue weighted by Gasteiger charge is -2.22. The molecule has 1 fully saturated rings. The van der Waals surface area contributed by atoms with Gasteiger partial charge in [-0.1, -0.05) is 23.7 Å². The minimum absolute atomic E-state index is 0.699. The minimum atomic E-state index is 0.699. The molecule has 0 aliphatic carbocycles. The number of hydrogen-bond donors (Lipinski definition) is 1. The SMILES string of the molecule is CN(CCC1CCCN1)c1ccccc1Cl. The number of hydrogen-bond acceptors (Lipinski definition) is 2. The highest BCUT2D eigenvalue weighted by atomic mass is 35.5. The van der Waals surface area contributed by atoms with E-state index in [2.05, 4.69) is 23.3 Å². The van der Waals surface area contributed by atoms with Gasteiger partial charge in [-0.2, -0.15) is 0 Å². The first kappa shape index (κ1) is 11.7. The zero-order valence-corrected chi connectivity index (χ0v) is 10.5. The lowest BCUT2D eigenvalue weighted by atomic mass is 10.1. The second-order valence-electron chi connectivity index (χ2n) is 4.45. The molecule has 0 spiro atoms. The highest BCUT2D eigenvalue weighted by molar-refractivity contribution is 6.33. The van der Waals surface area contributed by atoms with Crippen LogP contribution in [0.3, 0.4) is 0 Å². The normalized spacial score (nSPS) is 20.0. The van der Waals surface area contributed by atoms with Gasteiger partial charge in [0, 0.05) is 19.6 Å². The van der Waals surface area contributed by atoms with Gasteiger partial charge in [0.05, 0.1) is 10.7 Å². The number of para-hydroxylation sites is 1. The molecule has 1 heterocycles. The summed E-state index contributed by atoms with van der Waals surface area (Å²) in [6, 6.07) is 8.72. The summed E-state index contributed by atoms with van der Waals surface area (Å²) in [4.78, 5) is 2.24. The van der Waals surface area contributed by atoms with E-state index in [4.69, 9.17) is 11.6 Å². The van der Waals surface area contributed by atoms with E-state index in [9.17, 15) is 0 Å². The fourth-order valence-corrected chi connectivity index (χ4v) is 2.51. The smallest absolute Gasteiger partial charge is 0.0639 e. The summed E-state index contributed by atoms with van der Waals surface area (Å²) in [5.41, 5.74) is 1.13. The Bertz CT molecular complexity index is 334. The Balaban J connectivity index is 1.87. The zero-order valence-electron chi connectivity index (χ0n) is 9.75. The van der Waals surface area contributed by atoms with Gasteiger partial charge in [-0.25, -0.2) is 0 Å². The summed E-state index contributed by atoms with van der Waals surface area (Å²) in [5.74, 6) is 0. The van der Waals surface area contributed by atoms with Crippen LogP contribution in [0.15, 0.2) is 24.3 Å². The van der Waals surface area contributed by atoms with Crippen LogP contribution >= 0.6 is 11.6 Å². The van der Waals surface area contributed by atoms with Crippen LogP contribution in [-0.2, 0) is 0 Å². The third-order valence-electron chi connectivity index (χ3n) is 3.24. The third-order valence-corrected chi connectivity index (χ3v) is 3.56. The lowest BCUT2D eigenvalue weighted by Crippen LogP contribution is -2.28. The van der Waals surface area contributed by atoms with Gasteiger partial charge < -0.3 is 10.2 Å². The van der Waals surface area contributed by atoms with Crippen LogP contribution in [0.25, 0.3) is 0 Å². The van der Waals surface area contributed by atoms with Gasteiger partial charge in [-0.05, 0) is 37.9 Å². The number of halogens is 1. The van der Waals surface area contributed by atoms with E-state index in [0.717, 1.165) is 17.3 Å². The van der Waals surface area contributed by atoms with E-state index in [-0.39, 0.29) is 0 Å².